The summed E-state index contributed by atoms with van der Waals surface area (Å²) in [4.78, 5) is 12.1. The van der Waals surface area contributed by atoms with Gasteiger partial charge in [-0.2, -0.15) is 0 Å². The van der Waals surface area contributed by atoms with Gasteiger partial charge < -0.3 is 9.47 Å². The quantitative estimate of drug-likeness (QED) is 0.805. The van der Waals surface area contributed by atoms with E-state index in [4.69, 9.17) is 9.47 Å². The molecule has 0 radical (unpaired) electrons. The second-order valence-electron chi connectivity index (χ2n) is 4.04. The van der Waals surface area contributed by atoms with Crippen LogP contribution in [0.5, 0.6) is 5.75 Å². The number of fused-ring (bicyclic) bond motifs is 1. The van der Waals surface area contributed by atoms with Crippen LogP contribution in [-0.2, 0) is 4.74 Å². The van der Waals surface area contributed by atoms with Crippen LogP contribution in [0.15, 0.2) is 18.2 Å². The highest BCUT2D eigenvalue weighted by Crippen LogP contribution is 2.32. The van der Waals surface area contributed by atoms with Crippen LogP contribution in [0.25, 0.3) is 10.9 Å². The fraction of sp³-hybridized carbons (Fsp3) is 0.357. The topological polar surface area (TPSA) is 40.5 Å². The van der Waals surface area contributed by atoms with Gasteiger partial charge >= 0.3 is 5.97 Å². The Morgan fingerprint density at radius 3 is 2.74 bits per heavy atom. The van der Waals surface area contributed by atoms with Crippen molar-refractivity contribution in [3.05, 3.63) is 29.5 Å². The molecular formula is C14H17NO3S. The van der Waals surface area contributed by atoms with Crippen LogP contribution in [0.1, 0.15) is 23.0 Å². The summed E-state index contributed by atoms with van der Waals surface area (Å²) < 4.78 is 12.4. The number of methoxy groups -OCH3 is 1. The molecule has 1 aromatic carbocycles. The number of rotatable bonds is 4. The normalized spacial score (nSPS) is 10.7. The molecule has 0 aliphatic carbocycles. The van der Waals surface area contributed by atoms with Crippen molar-refractivity contribution in [2.75, 3.05) is 20.0 Å². The average molecular weight is 279 g/mol. The van der Waals surface area contributed by atoms with Crippen LogP contribution < -0.4 is 4.74 Å². The van der Waals surface area contributed by atoms with E-state index in [1.54, 1.807) is 19.1 Å². The van der Waals surface area contributed by atoms with E-state index >= 15 is 0 Å². The van der Waals surface area contributed by atoms with Crippen molar-refractivity contribution >= 4 is 28.8 Å². The van der Waals surface area contributed by atoms with E-state index in [1.165, 1.54) is 0 Å². The minimum Gasteiger partial charge on any atom is -0.497 e. The zero-order valence-electron chi connectivity index (χ0n) is 11.5. The van der Waals surface area contributed by atoms with Crippen LogP contribution in [-0.4, -0.2) is 29.9 Å². The van der Waals surface area contributed by atoms with E-state index in [-0.39, 0.29) is 5.97 Å². The lowest BCUT2D eigenvalue weighted by Gasteiger charge is -2.03. The molecule has 0 N–H and O–H groups in total. The maximum Gasteiger partial charge on any atom is 0.340 e. The van der Waals surface area contributed by atoms with Crippen molar-refractivity contribution in [1.82, 2.24) is 3.97 Å². The van der Waals surface area contributed by atoms with Crippen LogP contribution >= 0.6 is 11.9 Å². The van der Waals surface area contributed by atoms with E-state index in [0.717, 1.165) is 22.3 Å². The van der Waals surface area contributed by atoms with Gasteiger partial charge in [0.2, 0.25) is 0 Å². The molecule has 4 nitrogen and oxygen atoms in total. The molecule has 0 atom stereocenters. The minimum absolute atomic E-state index is 0.286. The van der Waals surface area contributed by atoms with Gasteiger partial charge in [-0.1, -0.05) is 0 Å². The van der Waals surface area contributed by atoms with Gasteiger partial charge in [0.25, 0.3) is 0 Å². The molecule has 0 amide bonds. The van der Waals surface area contributed by atoms with E-state index in [0.29, 0.717) is 12.2 Å². The largest absolute Gasteiger partial charge is 0.497 e. The van der Waals surface area contributed by atoms with Crippen molar-refractivity contribution in [2.24, 2.45) is 0 Å². The number of benzene rings is 1. The Balaban J connectivity index is 2.72. The molecule has 5 heteroatoms. The average Bonchev–Trinajstić information content (AvgIpc) is 2.69. The molecule has 1 heterocycles. The number of nitrogens with zero attached hydrogens (tertiary/aromatic N) is 1. The highest BCUT2D eigenvalue weighted by Gasteiger charge is 2.21. The van der Waals surface area contributed by atoms with Crippen molar-refractivity contribution in [3.63, 3.8) is 0 Å². The zero-order chi connectivity index (χ0) is 14.0. The van der Waals surface area contributed by atoms with Crippen molar-refractivity contribution in [2.45, 2.75) is 13.8 Å². The number of esters is 1. The maximum atomic E-state index is 12.1. The van der Waals surface area contributed by atoms with E-state index in [1.807, 2.05) is 42.3 Å². The smallest absolute Gasteiger partial charge is 0.340 e. The fourth-order valence-electron chi connectivity index (χ4n) is 2.19. The number of hydrogen-bond donors (Lipinski definition) is 0. The first kappa shape index (κ1) is 13.8. The molecule has 0 unspecified atom stereocenters. The lowest BCUT2D eigenvalue weighted by molar-refractivity contribution is 0.0528. The zero-order valence-corrected chi connectivity index (χ0v) is 12.3. The first-order valence-electron chi connectivity index (χ1n) is 6.04. The standard InChI is InChI=1S/C14H17NO3S/c1-5-18-14(16)13-9(2)15(19-4)12-7-6-10(17-3)8-11(12)13/h6-8H,5H2,1-4H3. The summed E-state index contributed by atoms with van der Waals surface area (Å²) >= 11 is 1.56. The first-order chi connectivity index (χ1) is 9.13. The molecule has 102 valence electrons. The molecule has 2 rings (SSSR count). The van der Waals surface area contributed by atoms with E-state index in [9.17, 15) is 4.79 Å². The summed E-state index contributed by atoms with van der Waals surface area (Å²) in [6.07, 6.45) is 1.98. The van der Waals surface area contributed by atoms with Crippen molar-refractivity contribution < 1.29 is 14.3 Å². The Morgan fingerprint density at radius 1 is 1.42 bits per heavy atom. The van der Waals surface area contributed by atoms with Gasteiger partial charge in [0.05, 0.1) is 24.8 Å². The Labute approximate surface area is 116 Å². The predicted octanol–water partition coefficient (Wildman–Crippen LogP) is 3.26. The molecule has 0 bridgehead atoms. The molecule has 2 aromatic rings. The SMILES string of the molecule is CCOC(=O)c1c(C)n(SC)c2ccc(OC)cc12. The van der Waals surface area contributed by atoms with Gasteiger partial charge in [0.15, 0.2) is 0 Å². The summed E-state index contributed by atoms with van der Waals surface area (Å²) in [6, 6.07) is 5.73. The lowest BCUT2D eigenvalue weighted by atomic mass is 10.1. The number of carbonyl (C=O) groups is 1. The third-order valence-corrected chi connectivity index (χ3v) is 3.86. The van der Waals surface area contributed by atoms with Gasteiger partial charge in [0, 0.05) is 17.3 Å². The molecule has 0 spiro atoms. The molecule has 0 aliphatic rings. The van der Waals surface area contributed by atoms with Crippen LogP contribution in [0.2, 0.25) is 0 Å². The van der Waals surface area contributed by atoms with E-state index in [2.05, 4.69) is 0 Å². The molecule has 0 fully saturated rings. The highest BCUT2D eigenvalue weighted by molar-refractivity contribution is 7.97. The van der Waals surface area contributed by atoms with Gasteiger partial charge in [-0.05, 0) is 44.0 Å². The number of ether oxygens (including phenoxy) is 2. The predicted molar refractivity (Wildman–Crippen MR) is 78.1 cm³/mol. The highest BCUT2D eigenvalue weighted by atomic mass is 32.2. The fourth-order valence-corrected chi connectivity index (χ4v) is 2.91. The second kappa shape index (κ2) is 5.57. The molecule has 0 saturated carbocycles. The second-order valence-corrected chi connectivity index (χ2v) is 4.77. The molecule has 1 aromatic heterocycles. The third-order valence-electron chi connectivity index (χ3n) is 3.02. The minimum atomic E-state index is -0.286. The molecule has 19 heavy (non-hydrogen) atoms. The first-order valence-corrected chi connectivity index (χ1v) is 7.22. The summed E-state index contributed by atoms with van der Waals surface area (Å²) in [5, 5.41) is 0.865. The Hall–Kier alpha value is -1.62. The number of aromatic nitrogens is 1. The third kappa shape index (κ3) is 2.30. The Morgan fingerprint density at radius 2 is 2.16 bits per heavy atom. The van der Waals surface area contributed by atoms with Gasteiger partial charge in [-0.3, -0.25) is 3.97 Å². The van der Waals surface area contributed by atoms with Crippen LogP contribution in [0, 0.1) is 6.92 Å². The summed E-state index contributed by atoms with van der Waals surface area (Å²) in [6.45, 7) is 4.10. The summed E-state index contributed by atoms with van der Waals surface area (Å²) in [5.41, 5.74) is 2.51. The monoisotopic (exact) mass is 279 g/mol. The van der Waals surface area contributed by atoms with Gasteiger partial charge in [-0.15, -0.1) is 0 Å². The van der Waals surface area contributed by atoms with Gasteiger partial charge in [0.1, 0.15) is 5.75 Å². The summed E-state index contributed by atoms with van der Waals surface area (Å²) in [7, 11) is 1.61. The molecule has 0 saturated heterocycles. The van der Waals surface area contributed by atoms with Gasteiger partial charge in [-0.25, -0.2) is 4.79 Å². The Bertz CT molecular complexity index is 619. The number of hydrogen-bond acceptors (Lipinski definition) is 4. The maximum absolute atomic E-state index is 12.1. The molecular weight excluding hydrogens is 262 g/mol. The lowest BCUT2D eigenvalue weighted by Crippen LogP contribution is -2.06. The van der Waals surface area contributed by atoms with E-state index < -0.39 is 0 Å². The Kier molecular flexibility index (Phi) is 4.04. The van der Waals surface area contributed by atoms with Crippen LogP contribution in [0.3, 0.4) is 0 Å². The van der Waals surface area contributed by atoms with Crippen LogP contribution in [0.4, 0.5) is 0 Å². The number of carbonyl (C=O) groups excluding carboxylic acids is 1. The molecule has 0 aliphatic heterocycles. The van der Waals surface area contributed by atoms with Crippen molar-refractivity contribution in [1.29, 1.82) is 0 Å². The summed E-state index contributed by atoms with van der Waals surface area (Å²) in [5.74, 6) is 0.447. The van der Waals surface area contributed by atoms with Crippen molar-refractivity contribution in [3.8, 4) is 5.75 Å².